The maximum Gasteiger partial charge on any atom is 0.352 e. The summed E-state index contributed by atoms with van der Waals surface area (Å²) >= 11 is 0. The number of likely N-dealkylation sites (tertiary alicyclic amines) is 1. The lowest BCUT2D eigenvalue weighted by molar-refractivity contribution is -0.176. The monoisotopic (exact) mass is 485 g/mol. The van der Waals surface area contributed by atoms with Crippen LogP contribution in [0.2, 0.25) is 0 Å². The van der Waals surface area contributed by atoms with Crippen LogP contribution >= 0.6 is 0 Å². The summed E-state index contributed by atoms with van der Waals surface area (Å²) < 4.78 is 17.5. The maximum absolute atomic E-state index is 13.0. The number of carbonyl (C=O) groups is 2. The molecule has 0 amide bonds. The average Bonchev–Trinajstić information content (AvgIpc) is 3.15. The second-order valence-corrected chi connectivity index (χ2v) is 11.1. The summed E-state index contributed by atoms with van der Waals surface area (Å²) in [5.74, 6) is -0.434. The Labute approximate surface area is 205 Å². The van der Waals surface area contributed by atoms with Crippen LogP contribution in [0.3, 0.4) is 0 Å². The third kappa shape index (κ3) is 3.40. The number of hydrogen-bond acceptors (Lipinski definition) is 8. The highest BCUT2D eigenvalue weighted by atomic mass is 16.6. The first kappa shape index (κ1) is 24.1. The summed E-state index contributed by atoms with van der Waals surface area (Å²) in [6.45, 7) is 8.08. The Hall–Kier alpha value is -2.58. The van der Waals surface area contributed by atoms with E-state index in [0.29, 0.717) is 43.1 Å². The number of benzene rings is 1. The molecule has 1 spiro atoms. The van der Waals surface area contributed by atoms with Crippen molar-refractivity contribution in [3.8, 4) is 11.5 Å². The summed E-state index contributed by atoms with van der Waals surface area (Å²) in [7, 11) is 2.02. The van der Waals surface area contributed by atoms with E-state index in [1.165, 1.54) is 6.92 Å². The van der Waals surface area contributed by atoms with Crippen molar-refractivity contribution in [2.24, 2.45) is 11.8 Å². The van der Waals surface area contributed by atoms with E-state index in [1.807, 2.05) is 27.0 Å². The smallest absolute Gasteiger partial charge is 0.352 e. The van der Waals surface area contributed by atoms with E-state index in [1.54, 1.807) is 19.1 Å². The lowest BCUT2D eigenvalue weighted by atomic mass is 9.50. The molecule has 2 aliphatic carbocycles. The molecule has 4 aliphatic rings. The van der Waals surface area contributed by atoms with Crippen LogP contribution in [0.1, 0.15) is 58.1 Å². The van der Waals surface area contributed by atoms with Gasteiger partial charge in [-0.1, -0.05) is 26.8 Å². The summed E-state index contributed by atoms with van der Waals surface area (Å²) in [6, 6.07) is 3.40. The predicted molar refractivity (Wildman–Crippen MR) is 127 cm³/mol. The van der Waals surface area contributed by atoms with Crippen LogP contribution in [0, 0.1) is 11.8 Å². The second kappa shape index (κ2) is 8.23. The lowest BCUT2D eigenvalue weighted by Gasteiger charge is -2.61. The zero-order valence-corrected chi connectivity index (χ0v) is 21.0. The molecular weight excluding hydrogens is 450 g/mol. The number of likely N-dealkylation sites (N-methyl/N-ethyl adjacent to an activating group) is 1. The van der Waals surface area contributed by atoms with Crippen LogP contribution in [0.25, 0.3) is 0 Å². The first-order chi connectivity index (χ1) is 16.5. The fourth-order valence-electron chi connectivity index (χ4n) is 6.78. The van der Waals surface area contributed by atoms with E-state index < -0.39 is 35.2 Å². The van der Waals surface area contributed by atoms with Crippen molar-refractivity contribution in [1.82, 2.24) is 4.90 Å². The number of hydrogen-bond donors (Lipinski definition) is 2. The normalized spacial score (nSPS) is 32.3. The molecule has 1 aromatic rings. The highest BCUT2D eigenvalue weighted by molar-refractivity contribution is 5.80. The van der Waals surface area contributed by atoms with Gasteiger partial charge in [0.05, 0.1) is 16.9 Å². The molecule has 2 bridgehead atoms. The van der Waals surface area contributed by atoms with Gasteiger partial charge in [0.15, 0.2) is 23.7 Å². The molecule has 0 saturated carbocycles. The van der Waals surface area contributed by atoms with Crippen LogP contribution in [-0.2, 0) is 30.9 Å². The highest BCUT2D eigenvalue weighted by Crippen LogP contribution is 2.65. The van der Waals surface area contributed by atoms with Crippen molar-refractivity contribution < 1.29 is 34.0 Å². The van der Waals surface area contributed by atoms with Crippen LogP contribution in [0.4, 0.5) is 0 Å². The molecule has 8 nitrogen and oxygen atoms in total. The molecule has 1 aromatic carbocycles. The third-order valence-corrected chi connectivity index (χ3v) is 8.42. The Bertz CT molecular complexity index is 1100. The minimum absolute atomic E-state index is 0.0133. The number of ether oxygens (including phenoxy) is 3. The first-order valence-corrected chi connectivity index (χ1v) is 12.6. The fourth-order valence-corrected chi connectivity index (χ4v) is 6.78. The van der Waals surface area contributed by atoms with Gasteiger partial charge in [-0.25, -0.2) is 4.79 Å². The van der Waals surface area contributed by atoms with Gasteiger partial charge in [-0.15, -0.1) is 0 Å². The minimum atomic E-state index is -1.13. The number of rotatable bonds is 6. The van der Waals surface area contributed by atoms with Gasteiger partial charge in [-0.2, -0.15) is 0 Å². The first-order valence-electron chi connectivity index (χ1n) is 12.6. The van der Waals surface area contributed by atoms with Gasteiger partial charge < -0.3 is 29.3 Å². The number of phenols is 1. The average molecular weight is 486 g/mol. The Kier molecular flexibility index (Phi) is 5.68. The van der Waals surface area contributed by atoms with Crippen LogP contribution in [0.5, 0.6) is 11.5 Å². The molecule has 2 aliphatic heterocycles. The van der Waals surface area contributed by atoms with E-state index in [4.69, 9.17) is 14.2 Å². The molecule has 8 heteroatoms. The zero-order valence-electron chi connectivity index (χ0n) is 21.0. The topological polar surface area (TPSA) is 106 Å². The molecule has 2 N–H and O–H groups in total. The van der Waals surface area contributed by atoms with E-state index in [2.05, 4.69) is 4.90 Å². The Morgan fingerprint density at radius 2 is 1.97 bits per heavy atom. The van der Waals surface area contributed by atoms with E-state index in [0.717, 1.165) is 17.7 Å². The van der Waals surface area contributed by atoms with Crippen molar-refractivity contribution in [3.05, 3.63) is 35.1 Å². The van der Waals surface area contributed by atoms with Crippen LogP contribution < -0.4 is 4.74 Å². The number of esters is 2. The van der Waals surface area contributed by atoms with Crippen molar-refractivity contribution in [2.45, 2.75) is 82.6 Å². The fraction of sp³-hybridized carbons (Fsp3) is 0.630. The summed E-state index contributed by atoms with van der Waals surface area (Å²) in [6.07, 6.45) is 2.08. The van der Waals surface area contributed by atoms with Crippen molar-refractivity contribution in [2.75, 3.05) is 13.6 Å². The molecule has 2 unspecified atom stereocenters. The number of aliphatic hydroxyl groups is 1. The van der Waals surface area contributed by atoms with Gasteiger partial charge in [-0.3, -0.25) is 4.79 Å². The summed E-state index contributed by atoms with van der Waals surface area (Å²) in [4.78, 5) is 27.6. The number of carbonyl (C=O) groups excluding carboxylic acids is 2. The number of phenolic OH excluding ortho intramolecular Hbond substituents is 1. The van der Waals surface area contributed by atoms with E-state index in [9.17, 15) is 19.8 Å². The molecule has 1 fully saturated rings. The molecule has 190 valence electrons. The number of aromatic hydroxyl groups is 1. The predicted octanol–water partition coefficient (Wildman–Crippen LogP) is 2.83. The molecule has 0 radical (unpaired) electrons. The van der Waals surface area contributed by atoms with Crippen molar-refractivity contribution in [1.29, 1.82) is 0 Å². The van der Waals surface area contributed by atoms with Crippen LogP contribution in [0.15, 0.2) is 24.0 Å². The third-order valence-electron chi connectivity index (χ3n) is 8.42. The Morgan fingerprint density at radius 3 is 2.69 bits per heavy atom. The SMILES string of the molecule is CC(C)C[C@H](C)C(=O)O[C@@H](C)C(=O)OC1=CC[C@@]2(O)[C@H]3Cc4ccc(O)c5c4C2(CCN3C)C1O5. The standard InChI is InChI=1S/C27H35NO7/c1-14(2)12-15(3)24(30)33-16(4)25(31)34-19-8-9-27(32)20-13-17-6-7-18(29)22-21(17)26(27,23(19)35-22)10-11-28(20)5/h6-8,14-16,20,23,29,32H,9-13H2,1-5H3/t15-,16-,20+,23?,26?,27+/m0/s1. The van der Waals surface area contributed by atoms with Crippen molar-refractivity contribution in [3.63, 3.8) is 0 Å². The molecule has 6 atom stereocenters. The molecule has 1 saturated heterocycles. The molecular formula is C27H35NO7. The summed E-state index contributed by atoms with van der Waals surface area (Å²) in [5.41, 5.74) is -0.0905. The van der Waals surface area contributed by atoms with Gasteiger partial charge >= 0.3 is 11.9 Å². The lowest BCUT2D eigenvalue weighted by Crippen LogP contribution is -2.74. The van der Waals surface area contributed by atoms with Gasteiger partial charge in [0.25, 0.3) is 0 Å². The number of piperidine rings is 1. The molecule has 0 aromatic heterocycles. The van der Waals surface area contributed by atoms with E-state index in [-0.39, 0.29) is 17.7 Å². The molecule has 5 rings (SSSR count). The van der Waals surface area contributed by atoms with Gasteiger partial charge in [0.2, 0.25) is 0 Å². The Balaban J connectivity index is 1.43. The van der Waals surface area contributed by atoms with Crippen LogP contribution in [-0.4, -0.2) is 64.5 Å². The zero-order chi connectivity index (χ0) is 25.3. The largest absolute Gasteiger partial charge is 0.504 e. The number of nitrogens with zero attached hydrogens (tertiary/aromatic N) is 1. The van der Waals surface area contributed by atoms with Gasteiger partial charge in [-0.05, 0) is 63.4 Å². The maximum atomic E-state index is 13.0. The van der Waals surface area contributed by atoms with Gasteiger partial charge in [0, 0.05) is 18.0 Å². The summed E-state index contributed by atoms with van der Waals surface area (Å²) in [5, 5.41) is 22.7. The van der Waals surface area contributed by atoms with Gasteiger partial charge in [0.1, 0.15) is 5.76 Å². The minimum Gasteiger partial charge on any atom is -0.504 e. The highest BCUT2D eigenvalue weighted by Gasteiger charge is 2.72. The van der Waals surface area contributed by atoms with E-state index >= 15 is 0 Å². The second-order valence-electron chi connectivity index (χ2n) is 11.1. The Morgan fingerprint density at radius 1 is 1.23 bits per heavy atom. The quantitative estimate of drug-likeness (QED) is 0.593. The molecule has 2 heterocycles. The molecule has 35 heavy (non-hydrogen) atoms. The van der Waals surface area contributed by atoms with Crippen molar-refractivity contribution >= 4 is 11.9 Å².